The van der Waals surface area contributed by atoms with Crippen molar-refractivity contribution in [2.24, 2.45) is 0 Å². The fourth-order valence-electron chi connectivity index (χ4n) is 0.538. The SMILES string of the molecule is OCP1NCCN1. The highest BCUT2D eigenvalue weighted by Gasteiger charge is 2.09. The van der Waals surface area contributed by atoms with Gasteiger partial charge in [-0.1, -0.05) is 0 Å². The summed E-state index contributed by atoms with van der Waals surface area (Å²) in [5.74, 6) is 0. The van der Waals surface area contributed by atoms with Gasteiger partial charge in [0.05, 0.1) is 14.6 Å². The summed E-state index contributed by atoms with van der Waals surface area (Å²) in [6.45, 7) is 2.01. The molecule has 1 heterocycles. The maximum absolute atomic E-state index is 8.47. The molecule has 0 amide bonds. The van der Waals surface area contributed by atoms with Gasteiger partial charge in [0.15, 0.2) is 0 Å². The molecule has 1 aliphatic heterocycles. The molecule has 0 saturated carbocycles. The summed E-state index contributed by atoms with van der Waals surface area (Å²) in [7, 11) is -0.387. The summed E-state index contributed by atoms with van der Waals surface area (Å²) < 4.78 is 0. The number of hydrogen-bond acceptors (Lipinski definition) is 3. The molecule has 0 aromatic heterocycles. The highest BCUT2D eigenvalue weighted by molar-refractivity contribution is 7.53. The van der Waals surface area contributed by atoms with Gasteiger partial charge in [-0.15, -0.1) is 0 Å². The van der Waals surface area contributed by atoms with Crippen LogP contribution in [0.5, 0.6) is 0 Å². The molecule has 0 aliphatic carbocycles. The standard InChI is InChI=1S/C3H9N2OP/c6-3-7-4-1-2-5-7/h4-6H,1-3H2. The second kappa shape index (κ2) is 2.58. The Hall–Kier alpha value is 0.310. The zero-order valence-corrected chi connectivity index (χ0v) is 4.91. The van der Waals surface area contributed by atoms with Crippen molar-refractivity contribution in [2.75, 3.05) is 19.4 Å². The van der Waals surface area contributed by atoms with Crippen LogP contribution in [0.4, 0.5) is 0 Å². The summed E-state index contributed by atoms with van der Waals surface area (Å²) >= 11 is 0. The lowest BCUT2D eigenvalue weighted by molar-refractivity contribution is 0.368. The van der Waals surface area contributed by atoms with Gasteiger partial charge in [-0.25, -0.2) is 0 Å². The van der Waals surface area contributed by atoms with Crippen LogP contribution in [0.25, 0.3) is 0 Å². The van der Waals surface area contributed by atoms with Crippen LogP contribution in [0.15, 0.2) is 0 Å². The lowest BCUT2D eigenvalue weighted by Crippen LogP contribution is -2.02. The second-order valence-corrected chi connectivity index (χ2v) is 3.16. The van der Waals surface area contributed by atoms with E-state index < -0.39 is 0 Å². The Labute approximate surface area is 44.0 Å². The lowest BCUT2D eigenvalue weighted by atomic mass is 10.7. The third-order valence-electron chi connectivity index (χ3n) is 0.872. The Bertz CT molecular complexity index is 54.9. The van der Waals surface area contributed by atoms with Gasteiger partial charge in [-0.3, -0.25) is 10.2 Å². The molecular formula is C3H9N2OP. The molecule has 1 saturated heterocycles. The normalized spacial score (nSPS) is 23.6. The van der Waals surface area contributed by atoms with Crippen molar-refractivity contribution in [2.45, 2.75) is 0 Å². The predicted molar refractivity (Wildman–Crippen MR) is 30.0 cm³/mol. The lowest BCUT2D eigenvalue weighted by Gasteiger charge is -2.02. The number of aliphatic hydroxyl groups is 1. The van der Waals surface area contributed by atoms with E-state index in [0.29, 0.717) is 0 Å². The van der Waals surface area contributed by atoms with Crippen molar-refractivity contribution in [3.63, 3.8) is 0 Å². The summed E-state index contributed by atoms with van der Waals surface area (Å²) in [6, 6.07) is 0. The monoisotopic (exact) mass is 120 g/mol. The van der Waals surface area contributed by atoms with Crippen LogP contribution in [0, 0.1) is 0 Å². The summed E-state index contributed by atoms with van der Waals surface area (Å²) in [5, 5.41) is 14.7. The maximum Gasteiger partial charge on any atom is 0.0896 e. The molecule has 0 radical (unpaired) electrons. The van der Waals surface area contributed by atoms with Crippen LogP contribution in [0.2, 0.25) is 0 Å². The van der Waals surface area contributed by atoms with Gasteiger partial charge < -0.3 is 5.11 Å². The average Bonchev–Trinajstić information content (AvgIpc) is 2.14. The molecule has 1 fully saturated rings. The number of aliphatic hydroxyl groups excluding tert-OH is 1. The van der Waals surface area contributed by atoms with Crippen molar-refractivity contribution in [3.05, 3.63) is 0 Å². The minimum atomic E-state index is -0.387. The Kier molecular flexibility index (Phi) is 2.00. The first-order chi connectivity index (χ1) is 3.43. The molecule has 7 heavy (non-hydrogen) atoms. The zero-order valence-electron chi connectivity index (χ0n) is 4.02. The van der Waals surface area contributed by atoms with Crippen molar-refractivity contribution in [3.8, 4) is 0 Å². The molecule has 3 nitrogen and oxygen atoms in total. The van der Waals surface area contributed by atoms with Gasteiger partial charge in [0, 0.05) is 13.1 Å². The van der Waals surface area contributed by atoms with Gasteiger partial charge in [-0.05, 0) is 0 Å². The molecule has 0 aromatic carbocycles. The first kappa shape index (κ1) is 5.45. The van der Waals surface area contributed by atoms with Crippen LogP contribution in [-0.4, -0.2) is 24.5 Å². The predicted octanol–water partition coefficient (Wildman–Crippen LogP) is -0.559. The largest absolute Gasteiger partial charge is 0.389 e. The minimum Gasteiger partial charge on any atom is -0.389 e. The van der Waals surface area contributed by atoms with Crippen molar-refractivity contribution >= 4 is 8.22 Å². The second-order valence-electron chi connectivity index (χ2n) is 1.39. The number of hydrogen-bond donors (Lipinski definition) is 3. The molecule has 0 spiro atoms. The van der Waals surface area contributed by atoms with E-state index in [0.717, 1.165) is 13.1 Å². The Balaban J connectivity index is 2.14. The zero-order chi connectivity index (χ0) is 5.11. The van der Waals surface area contributed by atoms with Crippen LogP contribution in [0.3, 0.4) is 0 Å². The average molecular weight is 120 g/mol. The Morgan fingerprint density at radius 3 is 2.29 bits per heavy atom. The molecule has 4 heteroatoms. The van der Waals surface area contributed by atoms with E-state index in [1.165, 1.54) is 0 Å². The van der Waals surface area contributed by atoms with E-state index in [-0.39, 0.29) is 14.6 Å². The maximum atomic E-state index is 8.47. The first-order valence-electron chi connectivity index (χ1n) is 2.29. The minimum absolute atomic E-state index is 0.259. The van der Waals surface area contributed by atoms with Crippen LogP contribution < -0.4 is 10.2 Å². The highest BCUT2D eigenvalue weighted by atomic mass is 31.1. The van der Waals surface area contributed by atoms with Gasteiger partial charge in [0.1, 0.15) is 0 Å². The molecule has 0 atom stereocenters. The Morgan fingerprint density at radius 1 is 1.43 bits per heavy atom. The molecule has 3 N–H and O–H groups in total. The number of nitrogens with one attached hydrogen (secondary N) is 2. The molecule has 42 valence electrons. The van der Waals surface area contributed by atoms with Crippen molar-refractivity contribution < 1.29 is 5.11 Å². The van der Waals surface area contributed by atoms with Gasteiger partial charge in [-0.2, -0.15) is 0 Å². The molecule has 1 aliphatic rings. The molecule has 0 unspecified atom stereocenters. The van der Waals surface area contributed by atoms with E-state index in [9.17, 15) is 0 Å². The van der Waals surface area contributed by atoms with Gasteiger partial charge in [0.2, 0.25) is 0 Å². The number of rotatable bonds is 1. The molecule has 1 rings (SSSR count). The summed E-state index contributed by atoms with van der Waals surface area (Å²) in [4.78, 5) is 0. The summed E-state index contributed by atoms with van der Waals surface area (Å²) in [6.07, 6.45) is 0.259. The molecular weight excluding hydrogens is 111 g/mol. The van der Waals surface area contributed by atoms with Crippen molar-refractivity contribution in [1.82, 2.24) is 10.2 Å². The third kappa shape index (κ3) is 1.35. The molecule has 0 aromatic rings. The van der Waals surface area contributed by atoms with E-state index in [4.69, 9.17) is 5.11 Å². The topological polar surface area (TPSA) is 44.3 Å². The van der Waals surface area contributed by atoms with Crippen molar-refractivity contribution in [1.29, 1.82) is 0 Å². The van der Waals surface area contributed by atoms with Crippen LogP contribution in [-0.2, 0) is 0 Å². The molecule has 0 bridgehead atoms. The van der Waals surface area contributed by atoms with E-state index in [2.05, 4.69) is 10.2 Å². The highest BCUT2D eigenvalue weighted by Crippen LogP contribution is 2.24. The first-order valence-corrected chi connectivity index (χ1v) is 3.81. The fourth-order valence-corrected chi connectivity index (χ4v) is 1.61. The van der Waals surface area contributed by atoms with Crippen LogP contribution in [0.1, 0.15) is 0 Å². The smallest absolute Gasteiger partial charge is 0.0896 e. The van der Waals surface area contributed by atoms with E-state index >= 15 is 0 Å². The fraction of sp³-hybridized carbons (Fsp3) is 1.00. The van der Waals surface area contributed by atoms with Crippen LogP contribution >= 0.6 is 8.22 Å². The van der Waals surface area contributed by atoms with Gasteiger partial charge in [0.25, 0.3) is 0 Å². The Morgan fingerprint density at radius 2 is 2.00 bits per heavy atom. The summed E-state index contributed by atoms with van der Waals surface area (Å²) in [5.41, 5.74) is 0. The van der Waals surface area contributed by atoms with E-state index in [1.54, 1.807) is 0 Å². The van der Waals surface area contributed by atoms with Gasteiger partial charge >= 0.3 is 0 Å². The quantitative estimate of drug-likeness (QED) is 0.406. The third-order valence-corrected chi connectivity index (χ3v) is 2.37. The van der Waals surface area contributed by atoms with E-state index in [1.807, 2.05) is 0 Å².